The minimum atomic E-state index is 0. The lowest BCUT2D eigenvalue weighted by Gasteiger charge is -2.33. The Morgan fingerprint density at radius 3 is 2.76 bits per heavy atom. The van der Waals surface area contributed by atoms with E-state index in [4.69, 9.17) is 4.99 Å². The van der Waals surface area contributed by atoms with Gasteiger partial charge in [-0.3, -0.25) is 4.98 Å². The van der Waals surface area contributed by atoms with Crippen LogP contribution < -0.4 is 15.5 Å². The molecule has 0 spiro atoms. The van der Waals surface area contributed by atoms with Crippen LogP contribution in [-0.4, -0.2) is 36.6 Å². The average Bonchev–Trinajstić information content (AvgIpc) is 3.27. The molecule has 1 aliphatic heterocycles. The van der Waals surface area contributed by atoms with Crippen LogP contribution >= 0.6 is 35.3 Å². The zero-order valence-corrected chi connectivity index (χ0v) is 19.8. The number of anilines is 1. The highest BCUT2D eigenvalue weighted by Crippen LogP contribution is 2.24. The second kappa shape index (κ2) is 10.8. The summed E-state index contributed by atoms with van der Waals surface area (Å²) in [7, 11) is 0. The van der Waals surface area contributed by atoms with Crippen LogP contribution in [-0.2, 0) is 6.54 Å². The van der Waals surface area contributed by atoms with Gasteiger partial charge in [0.1, 0.15) is 0 Å². The molecule has 0 radical (unpaired) electrons. The third kappa shape index (κ3) is 5.60. The van der Waals surface area contributed by atoms with E-state index in [0.717, 1.165) is 54.9 Å². The van der Waals surface area contributed by atoms with Gasteiger partial charge < -0.3 is 15.5 Å². The Morgan fingerprint density at radius 1 is 1.17 bits per heavy atom. The van der Waals surface area contributed by atoms with Gasteiger partial charge in [0.15, 0.2) is 5.96 Å². The van der Waals surface area contributed by atoms with Crippen molar-refractivity contribution in [3.63, 3.8) is 0 Å². The standard InChI is InChI=1S/C22H27N5S.HI/c1-2-23-22(25-16-18-7-3-6-17-8-4-12-24-21(17)18)26-19-10-13-27(14-11-19)20-9-5-15-28-20;/h3-9,12,15,19H,2,10-11,13-14,16H2,1H3,(H2,23,25,26);1H. The van der Waals surface area contributed by atoms with Crippen molar-refractivity contribution in [1.82, 2.24) is 15.6 Å². The first kappa shape index (κ1) is 21.8. The van der Waals surface area contributed by atoms with Crippen molar-refractivity contribution in [1.29, 1.82) is 0 Å². The van der Waals surface area contributed by atoms with E-state index in [0.29, 0.717) is 12.6 Å². The molecule has 1 aliphatic rings. The molecular formula is C22H28IN5S. The number of para-hydroxylation sites is 1. The fraction of sp³-hybridized carbons (Fsp3) is 0.364. The van der Waals surface area contributed by atoms with Crippen molar-refractivity contribution >= 4 is 57.2 Å². The molecule has 0 atom stereocenters. The molecule has 0 amide bonds. The van der Waals surface area contributed by atoms with Gasteiger partial charge in [-0.2, -0.15) is 0 Å². The summed E-state index contributed by atoms with van der Waals surface area (Å²) in [4.78, 5) is 11.9. The number of halogens is 1. The molecule has 1 saturated heterocycles. The van der Waals surface area contributed by atoms with Gasteiger partial charge in [-0.15, -0.1) is 35.3 Å². The van der Waals surface area contributed by atoms with E-state index in [-0.39, 0.29) is 24.0 Å². The van der Waals surface area contributed by atoms with E-state index >= 15 is 0 Å². The van der Waals surface area contributed by atoms with E-state index in [1.807, 2.05) is 23.6 Å². The van der Waals surface area contributed by atoms with Crippen molar-refractivity contribution in [2.45, 2.75) is 32.4 Å². The van der Waals surface area contributed by atoms with Crippen LogP contribution in [0.3, 0.4) is 0 Å². The number of aliphatic imine (C=N–C) groups is 1. The summed E-state index contributed by atoms with van der Waals surface area (Å²) in [6, 6.07) is 15.2. The van der Waals surface area contributed by atoms with Crippen LogP contribution in [0.25, 0.3) is 10.9 Å². The molecular weight excluding hydrogens is 493 g/mol. The molecule has 29 heavy (non-hydrogen) atoms. The number of nitrogens with zero attached hydrogens (tertiary/aromatic N) is 3. The van der Waals surface area contributed by atoms with Crippen LogP contribution in [0.2, 0.25) is 0 Å². The number of guanidine groups is 1. The summed E-state index contributed by atoms with van der Waals surface area (Å²) in [6.45, 7) is 5.76. The SMILES string of the molecule is CCNC(=NCc1cccc2cccnc12)NC1CCN(c2cccs2)CC1.I. The van der Waals surface area contributed by atoms with Crippen molar-refractivity contribution in [2.24, 2.45) is 4.99 Å². The van der Waals surface area contributed by atoms with Gasteiger partial charge in [0.25, 0.3) is 0 Å². The minimum Gasteiger partial charge on any atom is -0.363 e. The topological polar surface area (TPSA) is 52.6 Å². The lowest BCUT2D eigenvalue weighted by atomic mass is 10.1. The van der Waals surface area contributed by atoms with Gasteiger partial charge in [-0.25, -0.2) is 4.99 Å². The summed E-state index contributed by atoms with van der Waals surface area (Å²) in [6.07, 6.45) is 4.09. The highest BCUT2D eigenvalue weighted by molar-refractivity contribution is 14.0. The van der Waals surface area contributed by atoms with Crippen LogP contribution in [0.5, 0.6) is 0 Å². The fourth-order valence-corrected chi connectivity index (χ4v) is 4.45. The Labute approximate surface area is 193 Å². The minimum absolute atomic E-state index is 0. The number of thiophene rings is 1. The number of rotatable bonds is 5. The van der Waals surface area contributed by atoms with Gasteiger partial charge in [0, 0.05) is 37.3 Å². The smallest absolute Gasteiger partial charge is 0.191 e. The molecule has 0 saturated carbocycles. The summed E-state index contributed by atoms with van der Waals surface area (Å²) in [5.41, 5.74) is 2.19. The first-order chi connectivity index (χ1) is 13.8. The van der Waals surface area contributed by atoms with Crippen molar-refractivity contribution in [3.8, 4) is 0 Å². The molecule has 4 rings (SSSR count). The molecule has 7 heteroatoms. The molecule has 3 aromatic rings. The molecule has 0 unspecified atom stereocenters. The van der Waals surface area contributed by atoms with Gasteiger partial charge in [-0.1, -0.05) is 24.3 Å². The highest BCUT2D eigenvalue weighted by atomic mass is 127. The predicted molar refractivity (Wildman–Crippen MR) is 135 cm³/mol. The Bertz CT molecular complexity index is 915. The van der Waals surface area contributed by atoms with Gasteiger partial charge in [0.05, 0.1) is 17.1 Å². The second-order valence-electron chi connectivity index (χ2n) is 7.04. The number of hydrogen-bond acceptors (Lipinski definition) is 4. The van der Waals surface area contributed by atoms with Gasteiger partial charge >= 0.3 is 0 Å². The van der Waals surface area contributed by atoms with Gasteiger partial charge in [-0.05, 0) is 48.9 Å². The number of piperidine rings is 1. The molecule has 5 nitrogen and oxygen atoms in total. The van der Waals surface area contributed by atoms with Gasteiger partial charge in [0.2, 0.25) is 0 Å². The molecule has 2 N–H and O–H groups in total. The first-order valence-corrected chi connectivity index (χ1v) is 10.9. The lowest BCUT2D eigenvalue weighted by molar-refractivity contribution is 0.463. The molecule has 0 aliphatic carbocycles. The van der Waals surface area contributed by atoms with Crippen LogP contribution in [0.15, 0.2) is 59.0 Å². The largest absolute Gasteiger partial charge is 0.363 e. The van der Waals surface area contributed by atoms with Crippen LogP contribution in [0.4, 0.5) is 5.00 Å². The van der Waals surface area contributed by atoms with E-state index in [2.05, 4.69) is 69.2 Å². The van der Waals surface area contributed by atoms with Crippen LogP contribution in [0, 0.1) is 0 Å². The van der Waals surface area contributed by atoms with Crippen molar-refractivity contribution in [3.05, 3.63) is 59.6 Å². The average molecular weight is 521 g/mol. The summed E-state index contributed by atoms with van der Waals surface area (Å²) < 4.78 is 0. The molecule has 0 bridgehead atoms. The van der Waals surface area contributed by atoms with E-state index in [1.54, 1.807) is 0 Å². The maximum absolute atomic E-state index is 4.84. The monoisotopic (exact) mass is 521 g/mol. The zero-order valence-electron chi connectivity index (χ0n) is 16.7. The number of fused-ring (bicyclic) bond motifs is 1. The van der Waals surface area contributed by atoms with Crippen molar-refractivity contribution < 1.29 is 0 Å². The third-order valence-corrected chi connectivity index (χ3v) is 6.05. The van der Waals surface area contributed by atoms with E-state index in [9.17, 15) is 0 Å². The second-order valence-corrected chi connectivity index (χ2v) is 7.97. The third-order valence-electron chi connectivity index (χ3n) is 5.12. The maximum atomic E-state index is 4.84. The van der Waals surface area contributed by atoms with Crippen LogP contribution in [0.1, 0.15) is 25.3 Å². The molecule has 154 valence electrons. The first-order valence-electron chi connectivity index (χ1n) is 9.99. The molecule has 2 aromatic heterocycles. The summed E-state index contributed by atoms with van der Waals surface area (Å²) >= 11 is 1.82. The Kier molecular flexibility index (Phi) is 8.11. The highest BCUT2D eigenvalue weighted by Gasteiger charge is 2.20. The number of nitrogens with one attached hydrogen (secondary N) is 2. The Morgan fingerprint density at radius 2 is 2.00 bits per heavy atom. The fourth-order valence-electron chi connectivity index (χ4n) is 3.67. The number of pyridine rings is 1. The maximum Gasteiger partial charge on any atom is 0.191 e. The van der Waals surface area contributed by atoms with Crippen molar-refractivity contribution in [2.75, 3.05) is 24.5 Å². The number of hydrogen-bond donors (Lipinski definition) is 2. The molecule has 1 fully saturated rings. The van der Waals surface area contributed by atoms with E-state index < -0.39 is 0 Å². The predicted octanol–water partition coefficient (Wildman–Crippen LogP) is 4.64. The molecule has 3 heterocycles. The Hall–Kier alpha value is -1.87. The Balaban J connectivity index is 0.00000240. The zero-order chi connectivity index (χ0) is 19.2. The normalized spacial score (nSPS) is 15.2. The number of benzene rings is 1. The lowest BCUT2D eigenvalue weighted by Crippen LogP contribution is -2.48. The number of aromatic nitrogens is 1. The molecule has 1 aromatic carbocycles. The quantitative estimate of drug-likeness (QED) is 0.292. The summed E-state index contributed by atoms with van der Waals surface area (Å²) in [5.74, 6) is 0.894. The van der Waals surface area contributed by atoms with E-state index in [1.165, 1.54) is 5.00 Å². The summed E-state index contributed by atoms with van der Waals surface area (Å²) in [5, 5.41) is 11.7.